The minimum Gasteiger partial charge on any atom is -0.350 e. The van der Waals surface area contributed by atoms with Crippen molar-refractivity contribution in [2.24, 2.45) is 0 Å². The second kappa shape index (κ2) is 13.8. The van der Waals surface area contributed by atoms with Crippen LogP contribution in [0.4, 0.5) is 4.39 Å². The van der Waals surface area contributed by atoms with E-state index in [9.17, 15) is 22.4 Å². The average molecular weight is 600 g/mol. The zero-order chi connectivity index (χ0) is 30.2. The number of carbonyl (C=O) groups is 2. The highest BCUT2D eigenvalue weighted by atomic mass is 32.2. The lowest BCUT2D eigenvalue weighted by atomic mass is 10.0. The summed E-state index contributed by atoms with van der Waals surface area (Å²) in [5.74, 6) is -0.983. The molecule has 0 aromatic heterocycles. The molecule has 0 radical (unpaired) electrons. The van der Waals surface area contributed by atoms with Crippen LogP contribution < -0.4 is 10.0 Å². The number of benzene rings is 4. The SMILES string of the molecule is O=C(NCc1ccccc1)[C@H](c1ccccc1)N(Cc1ccc(F)cc1)C(=O)CCc1ccc(S(=O)(=O)NC2CC2)cc1. The van der Waals surface area contributed by atoms with Crippen LogP contribution in [0.1, 0.15) is 47.6 Å². The zero-order valence-electron chi connectivity index (χ0n) is 23.7. The first-order valence-electron chi connectivity index (χ1n) is 14.3. The van der Waals surface area contributed by atoms with Crippen LogP contribution in [0, 0.1) is 5.82 Å². The molecule has 0 saturated heterocycles. The number of nitrogens with zero attached hydrogens (tertiary/aromatic N) is 1. The van der Waals surface area contributed by atoms with E-state index >= 15 is 0 Å². The maximum atomic E-state index is 13.9. The Bertz CT molecular complexity index is 1630. The van der Waals surface area contributed by atoms with Crippen LogP contribution in [-0.2, 0) is 39.1 Å². The van der Waals surface area contributed by atoms with E-state index in [2.05, 4.69) is 10.0 Å². The quantitative estimate of drug-likeness (QED) is 0.219. The summed E-state index contributed by atoms with van der Waals surface area (Å²) in [6, 6.07) is 30.1. The summed E-state index contributed by atoms with van der Waals surface area (Å²) < 4.78 is 41.4. The summed E-state index contributed by atoms with van der Waals surface area (Å²) in [4.78, 5) is 29.4. The van der Waals surface area contributed by atoms with Gasteiger partial charge in [0.1, 0.15) is 11.9 Å². The first-order valence-corrected chi connectivity index (χ1v) is 15.8. The average Bonchev–Trinajstić information content (AvgIpc) is 3.84. The maximum Gasteiger partial charge on any atom is 0.247 e. The molecule has 0 spiro atoms. The number of carbonyl (C=O) groups excluding carboxylic acids is 2. The molecule has 7 nitrogen and oxygen atoms in total. The van der Waals surface area contributed by atoms with Crippen molar-refractivity contribution in [1.82, 2.24) is 14.9 Å². The number of sulfonamides is 1. The number of hydrogen-bond acceptors (Lipinski definition) is 4. The summed E-state index contributed by atoms with van der Waals surface area (Å²) in [6.07, 6.45) is 2.13. The fourth-order valence-corrected chi connectivity index (χ4v) is 6.12. The highest BCUT2D eigenvalue weighted by molar-refractivity contribution is 7.89. The van der Waals surface area contributed by atoms with E-state index in [-0.39, 0.29) is 41.5 Å². The van der Waals surface area contributed by atoms with Crippen molar-refractivity contribution in [3.63, 3.8) is 0 Å². The van der Waals surface area contributed by atoms with E-state index in [1.54, 1.807) is 36.4 Å². The molecular formula is C34H34FN3O4S. The second-order valence-electron chi connectivity index (χ2n) is 10.7. The lowest BCUT2D eigenvalue weighted by Gasteiger charge is -2.32. The summed E-state index contributed by atoms with van der Waals surface area (Å²) >= 11 is 0. The third-order valence-electron chi connectivity index (χ3n) is 7.33. The summed E-state index contributed by atoms with van der Waals surface area (Å²) in [5.41, 5.74) is 3.06. The molecule has 2 amide bonds. The van der Waals surface area contributed by atoms with E-state index in [4.69, 9.17) is 0 Å². The Labute approximate surface area is 251 Å². The van der Waals surface area contributed by atoms with E-state index in [0.29, 0.717) is 24.1 Å². The number of amides is 2. The summed E-state index contributed by atoms with van der Waals surface area (Å²) in [5, 5.41) is 2.98. The highest BCUT2D eigenvalue weighted by Gasteiger charge is 2.31. The van der Waals surface area contributed by atoms with Crippen LogP contribution in [0.5, 0.6) is 0 Å². The Morgan fingerprint density at radius 2 is 1.40 bits per heavy atom. The Balaban J connectivity index is 1.37. The molecule has 1 aliphatic carbocycles. The third kappa shape index (κ3) is 8.37. The molecule has 1 atom stereocenters. The predicted molar refractivity (Wildman–Crippen MR) is 163 cm³/mol. The molecule has 1 aliphatic rings. The smallest absolute Gasteiger partial charge is 0.247 e. The monoisotopic (exact) mass is 599 g/mol. The van der Waals surface area contributed by atoms with E-state index < -0.39 is 16.1 Å². The Morgan fingerprint density at radius 3 is 2.02 bits per heavy atom. The van der Waals surface area contributed by atoms with Crippen molar-refractivity contribution >= 4 is 21.8 Å². The van der Waals surface area contributed by atoms with Crippen LogP contribution >= 0.6 is 0 Å². The van der Waals surface area contributed by atoms with Gasteiger partial charge in [0.2, 0.25) is 21.8 Å². The first-order chi connectivity index (χ1) is 20.8. The normalized spacial score (nSPS) is 13.7. The topological polar surface area (TPSA) is 95.6 Å². The molecule has 4 aromatic rings. The van der Waals surface area contributed by atoms with Gasteiger partial charge in [-0.3, -0.25) is 9.59 Å². The number of nitrogens with one attached hydrogen (secondary N) is 2. The molecule has 0 heterocycles. The molecule has 222 valence electrons. The van der Waals surface area contributed by atoms with Gasteiger partial charge in [-0.25, -0.2) is 17.5 Å². The molecule has 0 bridgehead atoms. The van der Waals surface area contributed by atoms with Gasteiger partial charge < -0.3 is 10.2 Å². The van der Waals surface area contributed by atoms with E-state index in [1.165, 1.54) is 17.0 Å². The number of aryl methyl sites for hydroxylation is 1. The minimum absolute atomic E-state index is 0.0110. The van der Waals surface area contributed by atoms with Crippen LogP contribution in [0.25, 0.3) is 0 Å². The summed E-state index contributed by atoms with van der Waals surface area (Å²) in [6.45, 7) is 0.397. The number of halogens is 1. The van der Waals surface area contributed by atoms with Crippen molar-refractivity contribution in [2.75, 3.05) is 0 Å². The van der Waals surface area contributed by atoms with Gasteiger partial charge >= 0.3 is 0 Å². The highest BCUT2D eigenvalue weighted by Crippen LogP contribution is 2.26. The largest absolute Gasteiger partial charge is 0.350 e. The first kappa shape index (κ1) is 30.1. The van der Waals surface area contributed by atoms with Gasteiger partial charge in [0, 0.05) is 25.6 Å². The molecule has 0 unspecified atom stereocenters. The fourth-order valence-electron chi connectivity index (χ4n) is 4.82. The van der Waals surface area contributed by atoms with Crippen LogP contribution in [0.15, 0.2) is 114 Å². The molecule has 1 fully saturated rings. The van der Waals surface area contributed by atoms with E-state index in [1.807, 2.05) is 60.7 Å². The lowest BCUT2D eigenvalue weighted by molar-refractivity contribution is -0.141. The molecule has 5 rings (SSSR count). The molecule has 43 heavy (non-hydrogen) atoms. The third-order valence-corrected chi connectivity index (χ3v) is 8.87. The molecule has 4 aromatic carbocycles. The van der Waals surface area contributed by atoms with Crippen LogP contribution in [0.3, 0.4) is 0 Å². The number of hydrogen-bond donors (Lipinski definition) is 2. The van der Waals surface area contributed by atoms with Gasteiger partial charge in [0.25, 0.3) is 0 Å². The molecule has 9 heteroatoms. The van der Waals surface area contributed by atoms with Crippen molar-refractivity contribution in [2.45, 2.75) is 55.8 Å². The Morgan fingerprint density at radius 1 is 0.791 bits per heavy atom. The second-order valence-corrected chi connectivity index (χ2v) is 12.4. The molecular weight excluding hydrogens is 565 g/mol. The zero-order valence-corrected chi connectivity index (χ0v) is 24.5. The van der Waals surface area contributed by atoms with Gasteiger partial charge in [-0.05, 0) is 65.8 Å². The van der Waals surface area contributed by atoms with Gasteiger partial charge in [0.05, 0.1) is 4.90 Å². The fraction of sp³-hybridized carbons (Fsp3) is 0.235. The Hall–Kier alpha value is -4.34. The van der Waals surface area contributed by atoms with Gasteiger partial charge in [-0.15, -0.1) is 0 Å². The predicted octanol–water partition coefficient (Wildman–Crippen LogP) is 5.29. The van der Waals surface area contributed by atoms with E-state index in [0.717, 1.165) is 24.0 Å². The Kier molecular flexibility index (Phi) is 9.64. The van der Waals surface area contributed by atoms with Crippen LogP contribution in [-0.4, -0.2) is 31.2 Å². The lowest BCUT2D eigenvalue weighted by Crippen LogP contribution is -2.43. The molecule has 0 aliphatic heterocycles. The minimum atomic E-state index is -3.57. The van der Waals surface area contributed by atoms with Crippen molar-refractivity contribution in [3.05, 3.63) is 137 Å². The standard InChI is InChI=1S/C34H34FN3O4S/c35-29-16-11-27(12-17-29)24-38(32(39)22-15-25-13-20-31(21-14-25)43(41,42)37-30-18-19-30)33(28-9-5-2-6-10-28)34(40)36-23-26-7-3-1-4-8-26/h1-14,16-17,20-21,30,33,37H,15,18-19,22-24H2,(H,36,40)/t33-/m0/s1. The van der Waals surface area contributed by atoms with Gasteiger partial charge in [-0.1, -0.05) is 84.9 Å². The summed E-state index contributed by atoms with van der Waals surface area (Å²) in [7, 11) is -3.57. The van der Waals surface area contributed by atoms with Crippen molar-refractivity contribution in [1.29, 1.82) is 0 Å². The van der Waals surface area contributed by atoms with Crippen molar-refractivity contribution < 1.29 is 22.4 Å². The van der Waals surface area contributed by atoms with Gasteiger partial charge in [0.15, 0.2) is 0 Å². The van der Waals surface area contributed by atoms with Crippen molar-refractivity contribution in [3.8, 4) is 0 Å². The molecule has 1 saturated carbocycles. The van der Waals surface area contributed by atoms with Gasteiger partial charge in [-0.2, -0.15) is 0 Å². The molecule has 2 N–H and O–H groups in total. The van der Waals surface area contributed by atoms with Crippen LogP contribution in [0.2, 0.25) is 0 Å². The maximum absolute atomic E-state index is 13.9. The number of rotatable bonds is 13.